The molecule has 1 nitrogen and oxygen atoms in total. The molecule has 72 valence electrons. The highest BCUT2D eigenvalue weighted by Crippen LogP contribution is 2.16. The second kappa shape index (κ2) is 6.22. The fraction of sp³-hybridized carbons (Fsp3) is 0.400. The van der Waals surface area contributed by atoms with Crippen molar-refractivity contribution in [2.45, 2.75) is 12.7 Å². The van der Waals surface area contributed by atoms with Gasteiger partial charge in [0.05, 0.1) is 12.0 Å². The van der Waals surface area contributed by atoms with Crippen LogP contribution in [0.2, 0.25) is 0 Å². The van der Waals surface area contributed by atoms with E-state index in [-0.39, 0.29) is 0 Å². The normalized spacial score (nSPS) is 11.2. The number of furan rings is 1. The molecule has 0 aliphatic rings. The Kier molecular flexibility index (Phi) is 5.16. The van der Waals surface area contributed by atoms with Crippen LogP contribution in [0.1, 0.15) is 11.3 Å². The van der Waals surface area contributed by atoms with Gasteiger partial charge < -0.3 is 4.42 Å². The lowest BCUT2D eigenvalue weighted by Gasteiger charge is -1.95. The molecular weight excluding hydrogens is 200 g/mol. The summed E-state index contributed by atoms with van der Waals surface area (Å²) < 4.78 is 5.31. The van der Waals surface area contributed by atoms with Gasteiger partial charge in [-0.15, -0.1) is 11.8 Å². The summed E-state index contributed by atoms with van der Waals surface area (Å²) in [7, 11) is 0. The molecule has 0 aliphatic heterocycles. The molecule has 0 aromatic carbocycles. The van der Waals surface area contributed by atoms with Crippen molar-refractivity contribution in [1.82, 2.24) is 0 Å². The molecule has 3 heteroatoms. The van der Waals surface area contributed by atoms with Gasteiger partial charge in [0, 0.05) is 11.5 Å². The van der Waals surface area contributed by atoms with Gasteiger partial charge in [-0.2, -0.15) is 12.6 Å². The van der Waals surface area contributed by atoms with E-state index in [0.717, 1.165) is 23.0 Å². The second-order valence-electron chi connectivity index (χ2n) is 2.70. The fourth-order valence-electron chi connectivity index (χ4n) is 0.914. The molecule has 13 heavy (non-hydrogen) atoms. The van der Waals surface area contributed by atoms with Crippen LogP contribution in [-0.2, 0) is 5.75 Å². The monoisotopic (exact) mass is 214 g/mol. The van der Waals surface area contributed by atoms with E-state index in [1.54, 1.807) is 6.26 Å². The van der Waals surface area contributed by atoms with Gasteiger partial charge in [0.2, 0.25) is 0 Å². The van der Waals surface area contributed by atoms with Gasteiger partial charge in [-0.25, -0.2) is 0 Å². The van der Waals surface area contributed by atoms with Crippen LogP contribution in [0.15, 0.2) is 28.9 Å². The molecule has 1 heterocycles. The summed E-state index contributed by atoms with van der Waals surface area (Å²) in [6.07, 6.45) is 5.94. The highest BCUT2D eigenvalue weighted by atomic mass is 32.2. The molecule has 0 unspecified atom stereocenters. The molecule has 1 aromatic heterocycles. The third kappa shape index (κ3) is 3.96. The Bertz CT molecular complexity index is 266. The Morgan fingerprint density at radius 2 is 2.38 bits per heavy atom. The van der Waals surface area contributed by atoms with E-state index in [4.69, 9.17) is 4.42 Å². The maximum Gasteiger partial charge on any atom is 0.116 e. The molecule has 0 amide bonds. The van der Waals surface area contributed by atoms with Crippen LogP contribution < -0.4 is 0 Å². The summed E-state index contributed by atoms with van der Waals surface area (Å²) in [5.74, 6) is 3.89. The number of aryl methyl sites for hydroxylation is 1. The van der Waals surface area contributed by atoms with E-state index in [1.807, 2.05) is 17.8 Å². The van der Waals surface area contributed by atoms with Crippen LogP contribution >= 0.6 is 24.4 Å². The lowest BCUT2D eigenvalue weighted by Crippen LogP contribution is -1.80. The summed E-state index contributed by atoms with van der Waals surface area (Å²) >= 11 is 5.93. The van der Waals surface area contributed by atoms with Gasteiger partial charge in [0.25, 0.3) is 0 Å². The van der Waals surface area contributed by atoms with Crippen molar-refractivity contribution in [2.75, 3.05) is 11.5 Å². The number of thioether (sulfide) groups is 1. The quantitative estimate of drug-likeness (QED) is 0.459. The van der Waals surface area contributed by atoms with E-state index in [9.17, 15) is 0 Å². The molecule has 0 saturated carbocycles. The number of rotatable bonds is 5. The standard InChI is InChI=1S/C10H14OS2/c1-9-4-5-11-10(9)8-13-7-3-2-6-12/h2-5,12H,6-8H2,1H3/b3-2+. The topological polar surface area (TPSA) is 13.1 Å². The minimum atomic E-state index is 0.820. The minimum Gasteiger partial charge on any atom is -0.468 e. The lowest BCUT2D eigenvalue weighted by atomic mass is 10.3. The first-order valence-corrected chi connectivity index (χ1v) is 6.00. The SMILES string of the molecule is Cc1ccoc1CSC/C=C/CS. The smallest absolute Gasteiger partial charge is 0.116 e. The van der Waals surface area contributed by atoms with Gasteiger partial charge in [-0.3, -0.25) is 0 Å². The summed E-state index contributed by atoms with van der Waals surface area (Å²) in [5.41, 5.74) is 1.24. The highest BCUT2D eigenvalue weighted by Gasteiger charge is 1.99. The van der Waals surface area contributed by atoms with Crippen molar-refractivity contribution in [3.8, 4) is 0 Å². The molecule has 0 spiro atoms. The fourth-order valence-corrected chi connectivity index (χ4v) is 1.93. The first-order valence-electron chi connectivity index (χ1n) is 4.21. The largest absolute Gasteiger partial charge is 0.468 e. The predicted octanol–water partition coefficient (Wildman–Crippen LogP) is 3.31. The van der Waals surface area contributed by atoms with E-state index >= 15 is 0 Å². The van der Waals surface area contributed by atoms with Gasteiger partial charge in [0.15, 0.2) is 0 Å². The Morgan fingerprint density at radius 1 is 1.54 bits per heavy atom. The van der Waals surface area contributed by atoms with Crippen LogP contribution in [0, 0.1) is 6.92 Å². The van der Waals surface area contributed by atoms with Crippen molar-refractivity contribution in [2.24, 2.45) is 0 Å². The van der Waals surface area contributed by atoms with Gasteiger partial charge in [0.1, 0.15) is 5.76 Å². The molecule has 0 radical (unpaired) electrons. The zero-order valence-corrected chi connectivity index (χ0v) is 9.41. The van der Waals surface area contributed by atoms with E-state index in [0.29, 0.717) is 0 Å². The maximum absolute atomic E-state index is 5.31. The van der Waals surface area contributed by atoms with E-state index < -0.39 is 0 Å². The molecule has 0 atom stereocenters. The van der Waals surface area contributed by atoms with Gasteiger partial charge >= 0.3 is 0 Å². The van der Waals surface area contributed by atoms with Crippen molar-refractivity contribution in [3.05, 3.63) is 35.8 Å². The molecule has 0 saturated heterocycles. The molecular formula is C10H14OS2. The third-order valence-corrected chi connectivity index (χ3v) is 2.79. The van der Waals surface area contributed by atoms with Crippen LogP contribution in [0.3, 0.4) is 0 Å². The summed E-state index contributed by atoms with van der Waals surface area (Å²) in [6, 6.07) is 2.00. The number of hydrogen-bond acceptors (Lipinski definition) is 3. The molecule has 1 aromatic rings. The molecule has 0 bridgehead atoms. The van der Waals surface area contributed by atoms with Crippen molar-refractivity contribution in [1.29, 1.82) is 0 Å². The Morgan fingerprint density at radius 3 is 3.00 bits per heavy atom. The number of hydrogen-bond donors (Lipinski definition) is 1. The Labute approximate surface area is 89.0 Å². The molecule has 0 aliphatic carbocycles. The average Bonchev–Trinajstić information content (AvgIpc) is 2.52. The van der Waals surface area contributed by atoms with Crippen LogP contribution in [0.4, 0.5) is 0 Å². The van der Waals surface area contributed by atoms with Crippen molar-refractivity contribution in [3.63, 3.8) is 0 Å². The Hall–Kier alpha value is -0.280. The van der Waals surface area contributed by atoms with Crippen LogP contribution in [-0.4, -0.2) is 11.5 Å². The minimum absolute atomic E-state index is 0.820. The molecule has 0 fully saturated rings. The van der Waals surface area contributed by atoms with E-state index in [1.165, 1.54) is 5.56 Å². The van der Waals surface area contributed by atoms with Crippen molar-refractivity contribution >= 4 is 24.4 Å². The second-order valence-corrected chi connectivity index (χ2v) is 4.09. The summed E-state index contributed by atoms with van der Waals surface area (Å²) in [4.78, 5) is 0. The van der Waals surface area contributed by atoms with Crippen LogP contribution in [0.25, 0.3) is 0 Å². The zero-order valence-electron chi connectivity index (χ0n) is 7.69. The predicted molar refractivity (Wildman–Crippen MR) is 62.6 cm³/mol. The van der Waals surface area contributed by atoms with Crippen molar-refractivity contribution < 1.29 is 4.42 Å². The molecule has 0 N–H and O–H groups in total. The first kappa shape index (κ1) is 10.8. The highest BCUT2D eigenvalue weighted by molar-refractivity contribution is 7.98. The molecule has 1 rings (SSSR count). The van der Waals surface area contributed by atoms with Crippen LogP contribution in [0.5, 0.6) is 0 Å². The Balaban J connectivity index is 2.20. The maximum atomic E-state index is 5.31. The zero-order chi connectivity index (χ0) is 9.52. The lowest BCUT2D eigenvalue weighted by molar-refractivity contribution is 0.528. The van der Waals surface area contributed by atoms with Gasteiger partial charge in [-0.05, 0) is 18.6 Å². The first-order chi connectivity index (χ1) is 6.34. The van der Waals surface area contributed by atoms with E-state index in [2.05, 4.69) is 31.7 Å². The summed E-state index contributed by atoms with van der Waals surface area (Å²) in [6.45, 7) is 2.07. The average molecular weight is 214 g/mol. The number of thiol groups is 1. The van der Waals surface area contributed by atoms with Gasteiger partial charge in [-0.1, -0.05) is 12.2 Å². The summed E-state index contributed by atoms with van der Waals surface area (Å²) in [5, 5.41) is 0. The third-order valence-electron chi connectivity index (χ3n) is 1.69.